The zero-order valence-electron chi connectivity index (χ0n) is 25.8. The molecule has 0 bridgehead atoms. The van der Waals surface area contributed by atoms with E-state index in [9.17, 15) is 35.9 Å². The van der Waals surface area contributed by atoms with Gasteiger partial charge >= 0.3 is 12.4 Å². The van der Waals surface area contributed by atoms with E-state index in [1.54, 1.807) is 60.8 Å². The fourth-order valence-electron chi connectivity index (χ4n) is 4.69. The Morgan fingerprint density at radius 2 is 1.31 bits per heavy atom. The Labute approximate surface area is 276 Å². The number of benzene rings is 4. The van der Waals surface area contributed by atoms with Gasteiger partial charge in [0.2, 0.25) is 0 Å². The Hall–Kier alpha value is -5.85. The van der Waals surface area contributed by atoms with E-state index in [2.05, 4.69) is 15.7 Å². The van der Waals surface area contributed by atoms with E-state index in [4.69, 9.17) is 4.74 Å². The van der Waals surface area contributed by atoms with Gasteiger partial charge in [0.15, 0.2) is 0 Å². The summed E-state index contributed by atoms with van der Waals surface area (Å²) in [6, 6.07) is 23.4. The lowest BCUT2D eigenvalue weighted by Gasteiger charge is -2.13. The number of nitrogens with zero attached hydrogens (tertiary/aromatic N) is 2. The van der Waals surface area contributed by atoms with Crippen LogP contribution in [0.4, 0.5) is 37.7 Å². The first-order valence-corrected chi connectivity index (χ1v) is 14.9. The lowest BCUT2D eigenvalue weighted by Crippen LogP contribution is -2.25. The highest BCUT2D eigenvalue weighted by molar-refractivity contribution is 6.29. The second-order valence-electron chi connectivity index (χ2n) is 10.7. The van der Waals surface area contributed by atoms with Crippen molar-refractivity contribution >= 4 is 29.3 Å². The highest BCUT2D eigenvalue weighted by Gasteiger charge is 2.32. The van der Waals surface area contributed by atoms with Crippen molar-refractivity contribution in [2.24, 2.45) is 0 Å². The van der Waals surface area contributed by atoms with Gasteiger partial charge in [-0.3, -0.25) is 9.59 Å². The van der Waals surface area contributed by atoms with Crippen molar-refractivity contribution in [3.8, 4) is 22.7 Å². The Kier molecular flexibility index (Phi) is 10.2. The first kappa shape index (κ1) is 34.5. The fourth-order valence-corrected chi connectivity index (χ4v) is 4.69. The molecule has 0 atom stereocenters. The molecular formula is C36H28F6N4O3. The molecule has 0 spiro atoms. The number of halogens is 6. The molecule has 0 aliphatic rings. The molecule has 13 heteroatoms. The summed E-state index contributed by atoms with van der Waals surface area (Å²) >= 11 is 0. The first-order valence-electron chi connectivity index (χ1n) is 14.9. The number of alkyl halides is 6. The Morgan fingerprint density at radius 1 is 0.755 bits per heavy atom. The zero-order valence-corrected chi connectivity index (χ0v) is 25.8. The number of nitrogens with one attached hydrogen (secondary N) is 2. The second kappa shape index (κ2) is 14.5. The minimum atomic E-state index is -4.71. The molecule has 0 fully saturated rings. The molecule has 0 aliphatic heterocycles. The van der Waals surface area contributed by atoms with Crippen molar-refractivity contribution < 1.29 is 40.7 Å². The summed E-state index contributed by atoms with van der Waals surface area (Å²) < 4.78 is 87.5. The average Bonchev–Trinajstić information content (AvgIpc) is 3.50. The maximum absolute atomic E-state index is 13.7. The third-order valence-electron chi connectivity index (χ3n) is 7.05. The van der Waals surface area contributed by atoms with Crippen molar-refractivity contribution in [3.05, 3.63) is 132 Å². The molecule has 5 aromatic rings. The molecule has 5 rings (SSSR count). The number of aromatic nitrogens is 2. The van der Waals surface area contributed by atoms with E-state index in [0.717, 1.165) is 30.7 Å². The predicted octanol–water partition coefficient (Wildman–Crippen LogP) is 9.03. The average molecular weight is 679 g/mol. The lowest BCUT2D eigenvalue weighted by atomic mass is 10.0. The van der Waals surface area contributed by atoms with Crippen LogP contribution in [0.5, 0.6) is 5.75 Å². The van der Waals surface area contributed by atoms with E-state index in [-0.39, 0.29) is 16.9 Å². The smallest absolute Gasteiger partial charge is 0.416 e. The van der Waals surface area contributed by atoms with E-state index >= 15 is 0 Å². The number of carbonyl (C=O) groups is 2. The third kappa shape index (κ3) is 8.74. The number of hydrogen-bond acceptors (Lipinski definition) is 4. The van der Waals surface area contributed by atoms with Gasteiger partial charge in [-0.1, -0.05) is 37.3 Å². The van der Waals surface area contributed by atoms with Crippen LogP contribution in [0.2, 0.25) is 0 Å². The quantitative estimate of drug-likeness (QED) is 0.0669. The standard InChI is InChI=1S/C36H28F6N4O3/c1-2-18-49-30-16-14-23(15-17-30)32-24(22-46(45-32)29-12-4-3-5-13-29)19-31(33(47)43-27-10-6-8-25(20-27)35(37,38)39)34(48)44-28-11-7-9-26(21-28)36(40,41)42/h3-17,19-22H,2,18H2,1H3,(H,43,47)(H,44,48). The molecule has 1 aromatic heterocycles. The van der Waals surface area contributed by atoms with E-state index < -0.39 is 40.9 Å². The summed E-state index contributed by atoms with van der Waals surface area (Å²) in [6.45, 7) is 2.47. The molecule has 7 nitrogen and oxygen atoms in total. The highest BCUT2D eigenvalue weighted by atomic mass is 19.4. The molecule has 252 valence electrons. The maximum atomic E-state index is 13.7. The molecule has 0 saturated carbocycles. The fraction of sp³-hybridized carbons (Fsp3) is 0.139. The summed E-state index contributed by atoms with van der Waals surface area (Å²) in [4.78, 5) is 27.3. The van der Waals surface area contributed by atoms with Crippen LogP contribution in [-0.4, -0.2) is 28.2 Å². The summed E-state index contributed by atoms with van der Waals surface area (Å²) in [5.74, 6) is -1.64. The Bertz CT molecular complexity index is 1890. The summed E-state index contributed by atoms with van der Waals surface area (Å²) in [5, 5.41) is 9.30. The maximum Gasteiger partial charge on any atom is 0.416 e. The van der Waals surface area contributed by atoms with E-state index in [0.29, 0.717) is 41.4 Å². The van der Waals surface area contributed by atoms with Gasteiger partial charge in [-0.25, -0.2) is 4.68 Å². The van der Waals surface area contributed by atoms with Crippen LogP contribution >= 0.6 is 0 Å². The number of anilines is 2. The predicted molar refractivity (Wildman–Crippen MR) is 173 cm³/mol. The Morgan fingerprint density at radius 3 is 1.82 bits per heavy atom. The minimum absolute atomic E-state index is 0.250. The molecule has 0 aliphatic carbocycles. The number of ether oxygens (including phenoxy) is 1. The minimum Gasteiger partial charge on any atom is -0.494 e. The van der Waals surface area contributed by atoms with Gasteiger partial charge in [0, 0.05) is 28.7 Å². The lowest BCUT2D eigenvalue weighted by molar-refractivity contribution is -0.138. The summed E-state index contributed by atoms with van der Waals surface area (Å²) in [7, 11) is 0. The molecule has 2 amide bonds. The number of amides is 2. The van der Waals surface area contributed by atoms with E-state index in [1.807, 2.05) is 6.92 Å². The monoisotopic (exact) mass is 678 g/mol. The zero-order chi connectivity index (χ0) is 35.2. The van der Waals surface area contributed by atoms with E-state index in [1.165, 1.54) is 22.9 Å². The molecular weight excluding hydrogens is 650 g/mol. The van der Waals surface area contributed by atoms with Gasteiger partial charge < -0.3 is 15.4 Å². The van der Waals surface area contributed by atoms with Crippen molar-refractivity contribution in [2.75, 3.05) is 17.2 Å². The normalized spacial score (nSPS) is 11.5. The van der Waals surface area contributed by atoms with Crippen molar-refractivity contribution in [1.82, 2.24) is 9.78 Å². The molecule has 1 heterocycles. The summed E-state index contributed by atoms with van der Waals surface area (Å²) in [6.07, 6.45) is -5.90. The van der Waals surface area contributed by atoms with Crippen LogP contribution < -0.4 is 15.4 Å². The van der Waals surface area contributed by atoms with Crippen LogP contribution in [0.1, 0.15) is 30.0 Å². The second-order valence-corrected chi connectivity index (χ2v) is 10.7. The van der Waals surface area contributed by atoms with Gasteiger partial charge in [0.25, 0.3) is 11.8 Å². The molecule has 4 aromatic carbocycles. The third-order valence-corrected chi connectivity index (χ3v) is 7.05. The largest absolute Gasteiger partial charge is 0.494 e. The summed E-state index contributed by atoms with van der Waals surface area (Å²) in [5.41, 5.74) is -1.45. The van der Waals surface area contributed by atoms with Gasteiger partial charge in [-0.2, -0.15) is 31.4 Å². The number of carbonyl (C=O) groups excluding carboxylic acids is 2. The first-order chi connectivity index (χ1) is 23.3. The van der Waals surface area contributed by atoms with Crippen LogP contribution in [0.3, 0.4) is 0 Å². The van der Waals surface area contributed by atoms with Crippen LogP contribution in [-0.2, 0) is 21.9 Å². The molecule has 0 radical (unpaired) electrons. The van der Waals surface area contributed by atoms with Gasteiger partial charge in [0.05, 0.1) is 29.1 Å². The van der Waals surface area contributed by atoms with Gasteiger partial charge in [-0.15, -0.1) is 0 Å². The molecule has 2 N–H and O–H groups in total. The van der Waals surface area contributed by atoms with Crippen molar-refractivity contribution in [3.63, 3.8) is 0 Å². The van der Waals surface area contributed by atoms with Gasteiger partial charge in [0.1, 0.15) is 11.3 Å². The molecule has 0 saturated heterocycles. The SMILES string of the molecule is CCCOc1ccc(-c2nn(-c3ccccc3)cc2C=C(C(=O)Nc2cccc(C(F)(F)F)c2)C(=O)Nc2cccc(C(F)(F)F)c2)cc1. The molecule has 0 unspecified atom stereocenters. The van der Waals surface area contributed by atoms with Crippen LogP contribution in [0.25, 0.3) is 23.0 Å². The number of rotatable bonds is 10. The highest BCUT2D eigenvalue weighted by Crippen LogP contribution is 2.33. The number of para-hydroxylation sites is 1. The van der Waals surface area contributed by atoms with Crippen LogP contribution in [0, 0.1) is 0 Å². The van der Waals surface area contributed by atoms with Crippen molar-refractivity contribution in [2.45, 2.75) is 25.7 Å². The Balaban J connectivity index is 1.60. The van der Waals surface area contributed by atoms with Crippen LogP contribution in [0.15, 0.2) is 115 Å². The van der Waals surface area contributed by atoms with Crippen molar-refractivity contribution in [1.29, 1.82) is 0 Å². The topological polar surface area (TPSA) is 85.2 Å². The molecule has 49 heavy (non-hydrogen) atoms. The van der Waals surface area contributed by atoms with Gasteiger partial charge in [-0.05, 0) is 85.3 Å². The number of hydrogen-bond donors (Lipinski definition) is 2.